The van der Waals surface area contributed by atoms with Gasteiger partial charge >= 0.3 is 0 Å². The minimum Gasteiger partial charge on any atom is -0.342 e. The first-order valence-corrected chi connectivity index (χ1v) is 12.8. The molecule has 0 saturated heterocycles. The van der Waals surface area contributed by atoms with Crippen LogP contribution in [0.4, 0.5) is 5.69 Å². The number of amides is 2. The highest BCUT2D eigenvalue weighted by atomic mass is 79.9. The summed E-state index contributed by atoms with van der Waals surface area (Å²) >= 11 is 22.7. The molecule has 0 aliphatic heterocycles. The van der Waals surface area contributed by atoms with Crippen molar-refractivity contribution in [1.29, 1.82) is 0 Å². The second-order valence-electron chi connectivity index (χ2n) is 7.03. The fourth-order valence-corrected chi connectivity index (χ4v) is 4.62. The second kappa shape index (κ2) is 12.1. The molecule has 0 aliphatic rings. The lowest BCUT2D eigenvalue weighted by molar-refractivity contribution is -0.113. The fraction of sp³-hybridized carbons (Fsp3) is 0.182. The van der Waals surface area contributed by atoms with Gasteiger partial charge in [-0.25, -0.2) is 0 Å². The number of halogens is 4. The molecule has 0 spiro atoms. The number of anilines is 1. The van der Waals surface area contributed by atoms with Crippen molar-refractivity contribution in [3.8, 4) is 0 Å². The molecule has 178 valence electrons. The van der Waals surface area contributed by atoms with Crippen LogP contribution in [0.1, 0.15) is 29.1 Å². The van der Waals surface area contributed by atoms with E-state index in [2.05, 4.69) is 43.3 Å². The highest BCUT2D eigenvalue weighted by Crippen LogP contribution is 2.27. The molecular weight excluding hydrogens is 585 g/mol. The van der Waals surface area contributed by atoms with E-state index in [-0.39, 0.29) is 22.6 Å². The van der Waals surface area contributed by atoms with E-state index >= 15 is 0 Å². The standard InChI is InChI=1S/C22H19BrCl3N5O2S/c1-3-8-31-20(12(2)27-21(33)15-6-4-13(24)9-17(15)25)29-30-22(31)34-11-19(32)28-14-5-7-16(23)18(26)10-14/h3-7,9-10,12H,1,8,11H2,2H3,(H,27,33)(H,28,32)/t12-/m0/s1. The Morgan fingerprint density at radius 3 is 2.62 bits per heavy atom. The summed E-state index contributed by atoms with van der Waals surface area (Å²) in [6.45, 7) is 5.95. The molecule has 3 rings (SSSR count). The van der Waals surface area contributed by atoms with Gasteiger partial charge in [0.15, 0.2) is 11.0 Å². The average molecular weight is 604 g/mol. The lowest BCUT2D eigenvalue weighted by Crippen LogP contribution is -2.29. The third-order valence-corrected chi connectivity index (χ3v) is 7.25. The Morgan fingerprint density at radius 2 is 1.94 bits per heavy atom. The number of thioether (sulfide) groups is 1. The molecular formula is C22H19BrCl3N5O2S. The van der Waals surface area contributed by atoms with Crippen molar-refractivity contribution in [3.63, 3.8) is 0 Å². The first-order chi connectivity index (χ1) is 16.2. The van der Waals surface area contributed by atoms with Crippen molar-refractivity contribution in [3.05, 3.63) is 80.0 Å². The van der Waals surface area contributed by atoms with Crippen LogP contribution in [0, 0.1) is 0 Å². The minimum atomic E-state index is -0.486. The van der Waals surface area contributed by atoms with Crippen LogP contribution in [0.15, 0.2) is 58.7 Å². The third-order valence-electron chi connectivity index (χ3n) is 4.50. The van der Waals surface area contributed by atoms with E-state index in [0.717, 1.165) is 4.47 Å². The Hall–Kier alpha value is -2.04. The summed E-state index contributed by atoms with van der Waals surface area (Å²) in [7, 11) is 0. The third kappa shape index (κ3) is 6.76. The van der Waals surface area contributed by atoms with Crippen molar-refractivity contribution in [2.45, 2.75) is 24.7 Å². The molecule has 2 N–H and O–H groups in total. The zero-order valence-corrected chi connectivity index (χ0v) is 22.5. The van der Waals surface area contributed by atoms with Crippen LogP contribution in [0.3, 0.4) is 0 Å². The van der Waals surface area contributed by atoms with Gasteiger partial charge in [0.1, 0.15) is 0 Å². The number of hydrogen-bond acceptors (Lipinski definition) is 5. The summed E-state index contributed by atoms with van der Waals surface area (Å²) < 4.78 is 2.53. The molecule has 0 radical (unpaired) electrons. The molecule has 7 nitrogen and oxygen atoms in total. The van der Waals surface area contributed by atoms with Gasteiger partial charge in [-0.3, -0.25) is 9.59 Å². The van der Waals surface area contributed by atoms with Gasteiger partial charge < -0.3 is 15.2 Å². The summed E-state index contributed by atoms with van der Waals surface area (Å²) in [5.41, 5.74) is 0.885. The topological polar surface area (TPSA) is 88.9 Å². The number of rotatable bonds is 9. The van der Waals surface area contributed by atoms with Crippen LogP contribution in [0.2, 0.25) is 15.1 Å². The van der Waals surface area contributed by atoms with Crippen LogP contribution in [-0.4, -0.2) is 32.3 Å². The van der Waals surface area contributed by atoms with E-state index in [0.29, 0.717) is 38.8 Å². The quantitative estimate of drug-likeness (QED) is 0.218. The monoisotopic (exact) mass is 601 g/mol. The molecule has 2 aromatic carbocycles. The Balaban J connectivity index is 1.68. The average Bonchev–Trinajstić information content (AvgIpc) is 3.17. The van der Waals surface area contributed by atoms with Crippen LogP contribution >= 0.6 is 62.5 Å². The highest BCUT2D eigenvalue weighted by Gasteiger charge is 2.21. The number of aromatic nitrogens is 3. The molecule has 1 aromatic heterocycles. The van der Waals surface area contributed by atoms with E-state index < -0.39 is 6.04 Å². The highest BCUT2D eigenvalue weighted by molar-refractivity contribution is 9.10. The van der Waals surface area contributed by atoms with Crippen LogP contribution in [0.25, 0.3) is 0 Å². The van der Waals surface area contributed by atoms with Gasteiger partial charge in [-0.1, -0.05) is 52.6 Å². The predicted octanol–water partition coefficient (Wildman–Crippen LogP) is 6.41. The van der Waals surface area contributed by atoms with Gasteiger partial charge in [0.05, 0.1) is 27.4 Å². The summed E-state index contributed by atoms with van der Waals surface area (Å²) in [6, 6.07) is 9.32. The van der Waals surface area contributed by atoms with Crippen molar-refractivity contribution >= 4 is 80.0 Å². The lowest BCUT2D eigenvalue weighted by atomic mass is 10.2. The largest absolute Gasteiger partial charge is 0.342 e. The smallest absolute Gasteiger partial charge is 0.253 e. The Morgan fingerprint density at radius 1 is 1.18 bits per heavy atom. The SMILES string of the molecule is C=CCn1c(SCC(=O)Nc2ccc(Br)c(Cl)c2)nnc1[C@H](C)NC(=O)c1ccc(Cl)cc1Cl. The van der Waals surface area contributed by atoms with E-state index in [1.54, 1.807) is 47.9 Å². The number of nitrogens with one attached hydrogen (secondary N) is 2. The molecule has 1 heterocycles. The van der Waals surface area contributed by atoms with Gasteiger partial charge in [0.2, 0.25) is 5.91 Å². The van der Waals surface area contributed by atoms with E-state index in [1.165, 1.54) is 17.8 Å². The summed E-state index contributed by atoms with van der Waals surface area (Å²) in [4.78, 5) is 25.1. The number of carbonyl (C=O) groups excluding carboxylic acids is 2. The molecule has 0 bridgehead atoms. The normalized spacial score (nSPS) is 11.7. The molecule has 12 heteroatoms. The summed E-state index contributed by atoms with van der Waals surface area (Å²) in [5, 5.41) is 15.8. The van der Waals surface area contributed by atoms with Gasteiger partial charge in [0.25, 0.3) is 5.91 Å². The van der Waals surface area contributed by atoms with Crippen LogP contribution < -0.4 is 10.6 Å². The zero-order valence-electron chi connectivity index (χ0n) is 17.8. The van der Waals surface area contributed by atoms with Gasteiger partial charge in [-0.15, -0.1) is 16.8 Å². The number of hydrogen-bond donors (Lipinski definition) is 2. The molecule has 0 fully saturated rings. The maximum absolute atomic E-state index is 12.7. The maximum Gasteiger partial charge on any atom is 0.253 e. The Labute approximate surface area is 224 Å². The first-order valence-electron chi connectivity index (χ1n) is 9.87. The molecule has 1 atom stereocenters. The van der Waals surface area contributed by atoms with Gasteiger partial charge in [0, 0.05) is 21.7 Å². The molecule has 0 aliphatic carbocycles. The predicted molar refractivity (Wildman–Crippen MR) is 141 cm³/mol. The molecule has 34 heavy (non-hydrogen) atoms. The Bertz CT molecular complexity index is 1240. The van der Waals surface area contributed by atoms with Crippen molar-refractivity contribution in [1.82, 2.24) is 20.1 Å². The zero-order chi connectivity index (χ0) is 24.8. The number of nitrogens with zero attached hydrogens (tertiary/aromatic N) is 3. The maximum atomic E-state index is 12.7. The fourth-order valence-electron chi connectivity index (χ4n) is 2.94. The number of allylic oxidation sites excluding steroid dienone is 1. The van der Waals surface area contributed by atoms with E-state index in [9.17, 15) is 9.59 Å². The number of carbonyl (C=O) groups is 2. The lowest BCUT2D eigenvalue weighted by Gasteiger charge is -2.16. The van der Waals surface area contributed by atoms with Crippen molar-refractivity contribution < 1.29 is 9.59 Å². The summed E-state index contributed by atoms with van der Waals surface area (Å²) in [6.07, 6.45) is 1.69. The van der Waals surface area contributed by atoms with Crippen molar-refractivity contribution in [2.75, 3.05) is 11.1 Å². The molecule has 3 aromatic rings. The van der Waals surface area contributed by atoms with Crippen molar-refractivity contribution in [2.24, 2.45) is 0 Å². The van der Waals surface area contributed by atoms with Gasteiger partial charge in [-0.05, 0) is 59.3 Å². The van der Waals surface area contributed by atoms with Crippen LogP contribution in [0.5, 0.6) is 0 Å². The second-order valence-corrected chi connectivity index (χ2v) is 10.1. The molecule has 0 unspecified atom stereocenters. The van der Waals surface area contributed by atoms with Crippen LogP contribution in [-0.2, 0) is 11.3 Å². The minimum absolute atomic E-state index is 0.101. The summed E-state index contributed by atoms with van der Waals surface area (Å²) in [5.74, 6) is 0.0196. The molecule has 0 saturated carbocycles. The van der Waals surface area contributed by atoms with E-state index in [4.69, 9.17) is 34.8 Å². The molecule has 2 amide bonds. The first kappa shape index (κ1) is 26.6. The Kier molecular flexibility index (Phi) is 9.44. The van der Waals surface area contributed by atoms with Gasteiger partial charge in [-0.2, -0.15) is 0 Å². The number of benzene rings is 2. The van der Waals surface area contributed by atoms with E-state index in [1.807, 2.05) is 0 Å².